The number of hydrogen-bond donors (Lipinski definition) is 9. The van der Waals surface area contributed by atoms with Crippen molar-refractivity contribution in [2.45, 2.75) is 196 Å². The van der Waals surface area contributed by atoms with Gasteiger partial charge in [-0.3, -0.25) is 0 Å². The van der Waals surface area contributed by atoms with Crippen LogP contribution < -0.4 is 0 Å². The van der Waals surface area contributed by atoms with Crippen molar-refractivity contribution in [2.24, 2.45) is 52.3 Å². The van der Waals surface area contributed by atoms with E-state index in [-0.39, 0.29) is 29.6 Å². The van der Waals surface area contributed by atoms with Crippen molar-refractivity contribution in [3.05, 3.63) is 0 Å². The maximum atomic E-state index is 12.0. The van der Waals surface area contributed by atoms with E-state index in [9.17, 15) is 46.0 Å². The van der Waals surface area contributed by atoms with Gasteiger partial charge >= 0.3 is 0 Å². The predicted octanol–water partition coefficient (Wildman–Crippen LogP) is -0.0945. The molecule has 9 fully saturated rings. The lowest BCUT2D eigenvalue weighted by Gasteiger charge is -2.61. The zero-order chi connectivity index (χ0) is 43.3. The van der Waals surface area contributed by atoms with Crippen LogP contribution in [0.5, 0.6) is 0 Å². The third-order valence-corrected chi connectivity index (χ3v) is 17.9. The molecule has 17 heteroatoms. The summed E-state index contributed by atoms with van der Waals surface area (Å²) in [7, 11) is 0. The molecule has 17 nitrogen and oxygen atoms in total. The Morgan fingerprint density at radius 2 is 1.31 bits per heavy atom. The van der Waals surface area contributed by atoms with Crippen LogP contribution in [0.1, 0.15) is 91.9 Å². The van der Waals surface area contributed by atoms with E-state index in [1.165, 1.54) is 12.8 Å². The largest absolute Gasteiger partial charge is 0.394 e. The van der Waals surface area contributed by atoms with Gasteiger partial charge in [0.25, 0.3) is 0 Å². The lowest BCUT2D eigenvalue weighted by Crippen LogP contribution is -2.66. The van der Waals surface area contributed by atoms with E-state index in [4.69, 9.17) is 37.9 Å². The van der Waals surface area contributed by atoms with Crippen molar-refractivity contribution in [1.82, 2.24) is 0 Å². The van der Waals surface area contributed by atoms with Crippen molar-refractivity contribution in [2.75, 3.05) is 26.4 Å². The fourth-order valence-corrected chi connectivity index (χ4v) is 14.4. The van der Waals surface area contributed by atoms with Crippen LogP contribution in [0, 0.1) is 52.3 Å². The fourth-order valence-electron chi connectivity index (χ4n) is 14.4. The predicted molar refractivity (Wildman–Crippen MR) is 210 cm³/mol. The standard InChI is InChI=1S/C44H72O17/c1-19-7-12-44(55-17-19)20(2)30-27(61-44)14-25-23-6-5-21-13-22(8-10-42(21,3)24(23)9-11-43(25,30)4)56-41-38(60-40-35(52)33(50)32(49)28(15-45)57-40)36(53)37(29(16-46)58-41)59-39-34(51)31(48)26(47)18-54-39/h19-41,45-53H,5-18H2,1-4H3. The molecule has 9 N–H and O–H groups in total. The minimum absolute atomic E-state index is 0.100. The number of rotatable bonds is 8. The van der Waals surface area contributed by atoms with Gasteiger partial charge in [0.1, 0.15) is 67.1 Å². The quantitative estimate of drug-likeness (QED) is 0.145. The van der Waals surface area contributed by atoms with E-state index in [1.807, 2.05) is 0 Å². The van der Waals surface area contributed by atoms with Gasteiger partial charge in [0.05, 0.1) is 38.6 Å². The molecule has 0 aromatic rings. The molecule has 350 valence electrons. The highest BCUT2D eigenvalue weighted by Crippen LogP contribution is 2.71. The van der Waals surface area contributed by atoms with Crippen LogP contribution in [0.15, 0.2) is 0 Å². The minimum atomic E-state index is -1.80. The third-order valence-electron chi connectivity index (χ3n) is 17.9. The first kappa shape index (κ1) is 45.5. The van der Waals surface area contributed by atoms with Gasteiger partial charge in [-0.25, -0.2) is 0 Å². The van der Waals surface area contributed by atoms with Gasteiger partial charge in [0.2, 0.25) is 0 Å². The molecule has 0 radical (unpaired) electrons. The average Bonchev–Trinajstić information content (AvgIpc) is 3.69. The minimum Gasteiger partial charge on any atom is -0.394 e. The molecule has 61 heavy (non-hydrogen) atoms. The Hall–Kier alpha value is -0.680. The molecule has 5 saturated heterocycles. The van der Waals surface area contributed by atoms with E-state index in [1.54, 1.807) is 0 Å². The Morgan fingerprint density at radius 3 is 2.03 bits per heavy atom. The second-order valence-corrected chi connectivity index (χ2v) is 21.1. The summed E-state index contributed by atoms with van der Waals surface area (Å²) < 4.78 is 49.7. The summed E-state index contributed by atoms with van der Waals surface area (Å²) in [5.41, 5.74) is 0.315. The van der Waals surface area contributed by atoms with Gasteiger partial charge in [-0.15, -0.1) is 0 Å². The second-order valence-electron chi connectivity index (χ2n) is 21.1. The summed E-state index contributed by atoms with van der Waals surface area (Å²) in [4.78, 5) is 0. The zero-order valence-electron chi connectivity index (χ0n) is 36.0. The van der Waals surface area contributed by atoms with Gasteiger partial charge in [0, 0.05) is 12.3 Å². The van der Waals surface area contributed by atoms with Crippen LogP contribution in [0.2, 0.25) is 0 Å². The number of aliphatic hydroxyl groups is 9. The smallest absolute Gasteiger partial charge is 0.187 e. The number of fused-ring (bicyclic) bond motifs is 7. The lowest BCUT2D eigenvalue weighted by molar-refractivity contribution is -0.388. The molecule has 5 aliphatic heterocycles. The zero-order valence-corrected chi connectivity index (χ0v) is 36.0. The average molecular weight is 873 g/mol. The van der Waals surface area contributed by atoms with E-state index < -0.39 is 105 Å². The summed E-state index contributed by atoms with van der Waals surface area (Å²) in [6, 6.07) is 0. The normalized spacial score (nSPS) is 58.5. The Morgan fingerprint density at radius 1 is 0.607 bits per heavy atom. The summed E-state index contributed by atoms with van der Waals surface area (Å²) in [5.74, 6) is 3.16. The first-order valence-corrected chi connectivity index (χ1v) is 23.2. The third kappa shape index (κ3) is 7.58. The highest BCUT2D eigenvalue weighted by molar-refractivity contribution is 5.15. The monoisotopic (exact) mass is 872 g/mol. The molecule has 0 amide bonds. The molecule has 4 saturated carbocycles. The van der Waals surface area contributed by atoms with Crippen molar-refractivity contribution in [3.63, 3.8) is 0 Å². The van der Waals surface area contributed by atoms with Gasteiger partial charge in [-0.2, -0.15) is 0 Å². The molecular weight excluding hydrogens is 800 g/mol. The van der Waals surface area contributed by atoms with Crippen LogP contribution in [0.25, 0.3) is 0 Å². The van der Waals surface area contributed by atoms with Crippen LogP contribution in [-0.4, -0.2) is 176 Å². The van der Waals surface area contributed by atoms with Crippen molar-refractivity contribution in [3.8, 4) is 0 Å². The van der Waals surface area contributed by atoms with Crippen LogP contribution in [0.3, 0.4) is 0 Å². The van der Waals surface area contributed by atoms with Crippen LogP contribution in [0.4, 0.5) is 0 Å². The Balaban J connectivity index is 0.898. The Kier molecular flexibility index (Phi) is 12.8. The van der Waals surface area contributed by atoms with E-state index in [2.05, 4.69) is 27.7 Å². The Labute approximate surface area is 357 Å². The second kappa shape index (κ2) is 17.2. The molecule has 0 aromatic heterocycles. The fraction of sp³-hybridized carbons (Fsp3) is 1.00. The van der Waals surface area contributed by atoms with Gasteiger partial charge < -0.3 is 83.9 Å². The molecule has 1 spiro atoms. The first-order chi connectivity index (χ1) is 29.0. The SMILES string of the molecule is CC1CCC2(OC1)OC1CC3C4CCC5CC(OC6OC(CO)C(OC7OCC(O)C(O)C7O)C(O)C6OC6OC(CO)C(O)C(O)C6O)CCC5(C)C4CCC3(C)C1C2C. The lowest BCUT2D eigenvalue weighted by atomic mass is 9.44. The highest BCUT2D eigenvalue weighted by Gasteiger charge is 2.69. The van der Waals surface area contributed by atoms with Gasteiger partial charge in [-0.05, 0) is 104 Å². The number of aliphatic hydroxyl groups excluding tert-OH is 9. The molecule has 9 aliphatic rings. The van der Waals surface area contributed by atoms with Gasteiger partial charge in [0.15, 0.2) is 24.7 Å². The molecule has 5 heterocycles. The van der Waals surface area contributed by atoms with E-state index in [0.29, 0.717) is 47.8 Å². The summed E-state index contributed by atoms with van der Waals surface area (Å²) in [5, 5.41) is 95.1. The summed E-state index contributed by atoms with van der Waals surface area (Å²) in [6.07, 6.45) is -11.6. The molecule has 0 bridgehead atoms. The van der Waals surface area contributed by atoms with E-state index in [0.717, 1.165) is 51.6 Å². The molecule has 26 unspecified atom stereocenters. The number of hydrogen-bond acceptors (Lipinski definition) is 17. The topological polar surface area (TPSA) is 256 Å². The molecule has 26 atom stereocenters. The van der Waals surface area contributed by atoms with E-state index >= 15 is 0 Å². The molecule has 4 aliphatic carbocycles. The summed E-state index contributed by atoms with van der Waals surface area (Å²) >= 11 is 0. The highest BCUT2D eigenvalue weighted by atomic mass is 16.8. The molecule has 9 rings (SSSR count). The van der Waals surface area contributed by atoms with Crippen molar-refractivity contribution < 1.29 is 83.9 Å². The molecular formula is C44H72O17. The Bertz CT molecular complexity index is 1520. The first-order valence-electron chi connectivity index (χ1n) is 23.2. The van der Waals surface area contributed by atoms with Crippen LogP contribution >= 0.6 is 0 Å². The maximum Gasteiger partial charge on any atom is 0.187 e. The molecule has 0 aromatic carbocycles. The van der Waals surface area contributed by atoms with Crippen LogP contribution in [-0.2, 0) is 37.9 Å². The maximum absolute atomic E-state index is 12.0. The summed E-state index contributed by atoms with van der Waals surface area (Å²) in [6.45, 7) is 8.71. The van der Waals surface area contributed by atoms with Gasteiger partial charge in [-0.1, -0.05) is 27.7 Å². The number of ether oxygens (including phenoxy) is 8. The van der Waals surface area contributed by atoms with Crippen molar-refractivity contribution >= 4 is 0 Å². The van der Waals surface area contributed by atoms with Crippen molar-refractivity contribution in [1.29, 1.82) is 0 Å².